The van der Waals surface area contributed by atoms with Gasteiger partial charge in [-0.25, -0.2) is 0 Å². The number of anilines is 2. The lowest BCUT2D eigenvalue weighted by Gasteiger charge is -2.10. The van der Waals surface area contributed by atoms with E-state index in [1.807, 2.05) is 6.92 Å². The fourth-order valence-electron chi connectivity index (χ4n) is 1.66. The Morgan fingerprint density at radius 1 is 1.00 bits per heavy atom. The van der Waals surface area contributed by atoms with Crippen LogP contribution in [0.15, 0.2) is 0 Å². The average Bonchev–Trinajstić information content (AvgIpc) is 2.41. The van der Waals surface area contributed by atoms with Gasteiger partial charge in [0.15, 0.2) is 0 Å². The van der Waals surface area contributed by atoms with Crippen LogP contribution in [-0.2, 0) is 0 Å². The molecular weight excluding hydrogens is 254 g/mol. The van der Waals surface area contributed by atoms with Crippen LogP contribution in [0.25, 0.3) is 0 Å². The molecule has 20 heavy (non-hydrogen) atoms. The van der Waals surface area contributed by atoms with E-state index in [9.17, 15) is 0 Å². The van der Waals surface area contributed by atoms with Crippen molar-refractivity contribution in [3.63, 3.8) is 0 Å². The highest BCUT2D eigenvalue weighted by molar-refractivity contribution is 5.35. The van der Waals surface area contributed by atoms with Crippen molar-refractivity contribution in [2.24, 2.45) is 5.92 Å². The predicted molar refractivity (Wildman–Crippen MR) is 82.3 cm³/mol. The molecule has 6 heteroatoms. The van der Waals surface area contributed by atoms with E-state index in [4.69, 9.17) is 4.74 Å². The van der Waals surface area contributed by atoms with Gasteiger partial charge in [0.05, 0.1) is 6.61 Å². The first-order valence-corrected chi connectivity index (χ1v) is 7.52. The van der Waals surface area contributed by atoms with Crippen molar-refractivity contribution in [3.05, 3.63) is 0 Å². The molecular formula is C14H27N5O. The first kappa shape index (κ1) is 16.5. The van der Waals surface area contributed by atoms with Gasteiger partial charge in [0, 0.05) is 13.1 Å². The molecule has 0 saturated heterocycles. The third-order valence-electron chi connectivity index (χ3n) is 2.66. The van der Waals surface area contributed by atoms with Crippen LogP contribution in [0.3, 0.4) is 0 Å². The largest absolute Gasteiger partial charge is 0.464 e. The van der Waals surface area contributed by atoms with Crippen molar-refractivity contribution >= 4 is 11.9 Å². The van der Waals surface area contributed by atoms with Crippen molar-refractivity contribution in [3.8, 4) is 6.01 Å². The summed E-state index contributed by atoms with van der Waals surface area (Å²) in [5.41, 5.74) is 0. The maximum Gasteiger partial charge on any atom is 0.323 e. The van der Waals surface area contributed by atoms with Crippen LogP contribution in [0, 0.1) is 5.92 Å². The zero-order chi connectivity index (χ0) is 14.8. The summed E-state index contributed by atoms with van der Waals surface area (Å²) >= 11 is 0. The van der Waals surface area contributed by atoms with E-state index in [-0.39, 0.29) is 0 Å². The molecule has 0 saturated carbocycles. The standard InChI is InChI=1S/C14H27N5O/c1-5-9-15-12-17-13(16-10-7-8-11(3)4)19-14(18-12)20-6-2/h11H,5-10H2,1-4H3,(H2,15,16,17,18,19). The topological polar surface area (TPSA) is 72.0 Å². The minimum atomic E-state index is 0.368. The normalized spacial score (nSPS) is 10.7. The molecule has 2 N–H and O–H groups in total. The molecule has 0 aliphatic carbocycles. The summed E-state index contributed by atoms with van der Waals surface area (Å²) in [7, 11) is 0. The Morgan fingerprint density at radius 3 is 2.20 bits per heavy atom. The molecule has 0 fully saturated rings. The van der Waals surface area contributed by atoms with Crippen LogP contribution >= 0.6 is 0 Å². The minimum Gasteiger partial charge on any atom is -0.464 e. The van der Waals surface area contributed by atoms with Gasteiger partial charge in [0.2, 0.25) is 11.9 Å². The maximum atomic E-state index is 5.37. The number of aromatic nitrogens is 3. The minimum absolute atomic E-state index is 0.368. The zero-order valence-corrected chi connectivity index (χ0v) is 13.1. The summed E-state index contributed by atoms with van der Waals surface area (Å²) in [5, 5.41) is 6.39. The maximum absolute atomic E-state index is 5.37. The Kier molecular flexibility index (Phi) is 7.69. The Hall–Kier alpha value is -1.59. The van der Waals surface area contributed by atoms with Crippen LogP contribution in [0.2, 0.25) is 0 Å². The van der Waals surface area contributed by atoms with Crippen LogP contribution in [0.5, 0.6) is 6.01 Å². The molecule has 1 heterocycles. The molecule has 0 spiro atoms. The van der Waals surface area contributed by atoms with Gasteiger partial charge in [-0.2, -0.15) is 15.0 Å². The Labute approximate surface area is 121 Å². The first-order chi connectivity index (χ1) is 9.65. The van der Waals surface area contributed by atoms with E-state index in [1.165, 1.54) is 6.42 Å². The van der Waals surface area contributed by atoms with Crippen LogP contribution in [0.1, 0.15) is 47.0 Å². The predicted octanol–water partition coefficient (Wildman–Crippen LogP) is 2.94. The van der Waals surface area contributed by atoms with E-state index < -0.39 is 0 Å². The molecule has 0 unspecified atom stereocenters. The summed E-state index contributed by atoms with van der Waals surface area (Å²) in [6, 6.07) is 0.368. The zero-order valence-electron chi connectivity index (χ0n) is 13.1. The summed E-state index contributed by atoms with van der Waals surface area (Å²) in [4.78, 5) is 12.8. The number of ether oxygens (including phenoxy) is 1. The van der Waals surface area contributed by atoms with Gasteiger partial charge in [0.25, 0.3) is 0 Å². The van der Waals surface area contributed by atoms with Gasteiger partial charge in [-0.05, 0) is 32.1 Å². The van der Waals surface area contributed by atoms with Crippen molar-refractivity contribution in [1.29, 1.82) is 0 Å². The number of nitrogens with zero attached hydrogens (tertiary/aromatic N) is 3. The highest BCUT2D eigenvalue weighted by Gasteiger charge is 2.06. The molecule has 0 amide bonds. The summed E-state index contributed by atoms with van der Waals surface area (Å²) in [6.07, 6.45) is 3.31. The Balaban J connectivity index is 2.60. The number of hydrogen-bond donors (Lipinski definition) is 2. The lowest BCUT2D eigenvalue weighted by atomic mass is 10.1. The summed E-state index contributed by atoms with van der Waals surface area (Å²) < 4.78 is 5.37. The lowest BCUT2D eigenvalue weighted by Crippen LogP contribution is -2.12. The number of hydrogen-bond acceptors (Lipinski definition) is 6. The smallest absolute Gasteiger partial charge is 0.323 e. The number of nitrogens with one attached hydrogen (secondary N) is 2. The highest BCUT2D eigenvalue weighted by atomic mass is 16.5. The number of rotatable bonds is 10. The van der Waals surface area contributed by atoms with Crippen molar-refractivity contribution in [2.75, 3.05) is 30.3 Å². The second-order valence-electron chi connectivity index (χ2n) is 5.09. The third kappa shape index (κ3) is 6.54. The molecule has 0 aromatic carbocycles. The molecule has 0 aliphatic heterocycles. The molecule has 1 aromatic rings. The van der Waals surface area contributed by atoms with Crippen molar-refractivity contribution in [1.82, 2.24) is 15.0 Å². The lowest BCUT2D eigenvalue weighted by molar-refractivity contribution is 0.312. The fourth-order valence-corrected chi connectivity index (χ4v) is 1.66. The Bertz CT molecular complexity index is 384. The molecule has 0 radical (unpaired) electrons. The van der Waals surface area contributed by atoms with E-state index in [1.54, 1.807) is 0 Å². The van der Waals surface area contributed by atoms with E-state index in [0.29, 0.717) is 24.5 Å². The molecule has 114 valence electrons. The van der Waals surface area contributed by atoms with Gasteiger partial charge in [0.1, 0.15) is 0 Å². The van der Waals surface area contributed by atoms with E-state index in [2.05, 4.69) is 46.4 Å². The van der Waals surface area contributed by atoms with Gasteiger partial charge >= 0.3 is 6.01 Å². The molecule has 0 atom stereocenters. The molecule has 1 rings (SSSR count). The molecule has 0 aliphatic rings. The van der Waals surface area contributed by atoms with Gasteiger partial charge < -0.3 is 15.4 Å². The van der Waals surface area contributed by atoms with Gasteiger partial charge in [-0.15, -0.1) is 0 Å². The van der Waals surface area contributed by atoms with E-state index in [0.717, 1.165) is 31.8 Å². The van der Waals surface area contributed by atoms with Crippen molar-refractivity contribution < 1.29 is 4.74 Å². The van der Waals surface area contributed by atoms with Crippen molar-refractivity contribution in [2.45, 2.75) is 47.0 Å². The summed E-state index contributed by atoms with van der Waals surface area (Å²) in [6.45, 7) is 10.7. The molecule has 0 bridgehead atoms. The van der Waals surface area contributed by atoms with E-state index >= 15 is 0 Å². The van der Waals surface area contributed by atoms with Crippen LogP contribution in [-0.4, -0.2) is 34.6 Å². The SMILES string of the molecule is CCCNc1nc(NCCCC(C)C)nc(OCC)n1. The fraction of sp³-hybridized carbons (Fsp3) is 0.786. The average molecular weight is 281 g/mol. The molecule has 6 nitrogen and oxygen atoms in total. The van der Waals surface area contributed by atoms with Crippen LogP contribution < -0.4 is 15.4 Å². The van der Waals surface area contributed by atoms with Crippen LogP contribution in [0.4, 0.5) is 11.9 Å². The third-order valence-corrected chi connectivity index (χ3v) is 2.66. The second-order valence-corrected chi connectivity index (χ2v) is 5.09. The van der Waals surface area contributed by atoms with Gasteiger partial charge in [-0.1, -0.05) is 20.8 Å². The summed E-state index contributed by atoms with van der Waals surface area (Å²) in [5.74, 6) is 1.86. The first-order valence-electron chi connectivity index (χ1n) is 7.52. The monoisotopic (exact) mass is 281 g/mol. The Morgan fingerprint density at radius 2 is 1.65 bits per heavy atom. The highest BCUT2D eigenvalue weighted by Crippen LogP contribution is 2.12. The quantitative estimate of drug-likeness (QED) is 0.642. The van der Waals surface area contributed by atoms with Gasteiger partial charge in [-0.3, -0.25) is 0 Å². The second kappa shape index (κ2) is 9.34. The molecule has 1 aromatic heterocycles.